The second-order valence-electron chi connectivity index (χ2n) is 6.09. The molecule has 4 rings (SSSR count). The van der Waals surface area contributed by atoms with Crippen LogP contribution in [-0.2, 0) is 9.53 Å². The van der Waals surface area contributed by atoms with Crippen LogP contribution in [0.3, 0.4) is 0 Å². The number of hydrogen-bond acceptors (Lipinski definition) is 6. The van der Waals surface area contributed by atoms with Crippen molar-refractivity contribution in [3.8, 4) is 0 Å². The van der Waals surface area contributed by atoms with Crippen LogP contribution in [0.2, 0.25) is 0 Å². The molecule has 3 heterocycles. The fourth-order valence-electron chi connectivity index (χ4n) is 3.00. The summed E-state index contributed by atoms with van der Waals surface area (Å²) in [5.74, 6) is 0.786. The fraction of sp³-hybridized carbons (Fsp3) is 0.769. The third-order valence-corrected chi connectivity index (χ3v) is 5.14. The second-order valence-corrected chi connectivity index (χ2v) is 6.91. The number of nitrogens with one attached hydrogen (secondary N) is 1. The van der Waals surface area contributed by atoms with Crippen LogP contribution in [0.4, 0.5) is 5.13 Å². The molecule has 7 heteroatoms. The quantitative estimate of drug-likeness (QED) is 0.890. The predicted molar refractivity (Wildman–Crippen MR) is 74.7 cm³/mol. The Kier molecular flexibility index (Phi) is 2.92. The standard InChI is InChI=1S/C13H18N4O2S/c18-11(14-5-9-1-2-9)10-3-4-13(19-10)6-17(7-13)12-16-15-8-20-12/h8-10H,1-7H2,(H,14,18). The molecular formula is C13H18N4O2S. The zero-order valence-corrected chi connectivity index (χ0v) is 12.1. The van der Waals surface area contributed by atoms with Gasteiger partial charge >= 0.3 is 0 Å². The molecule has 1 atom stereocenters. The lowest BCUT2D eigenvalue weighted by atomic mass is 9.91. The smallest absolute Gasteiger partial charge is 0.249 e. The van der Waals surface area contributed by atoms with Gasteiger partial charge in [0.15, 0.2) is 0 Å². The van der Waals surface area contributed by atoms with E-state index >= 15 is 0 Å². The van der Waals surface area contributed by atoms with Crippen molar-refractivity contribution in [3.63, 3.8) is 0 Å². The molecule has 2 saturated heterocycles. The molecule has 1 amide bonds. The molecule has 1 N–H and O–H groups in total. The van der Waals surface area contributed by atoms with Crippen LogP contribution in [0, 0.1) is 5.92 Å². The Morgan fingerprint density at radius 1 is 1.50 bits per heavy atom. The molecule has 20 heavy (non-hydrogen) atoms. The molecule has 0 bridgehead atoms. The molecule has 6 nitrogen and oxygen atoms in total. The third kappa shape index (κ3) is 2.29. The maximum Gasteiger partial charge on any atom is 0.249 e. The highest BCUT2D eigenvalue weighted by Gasteiger charge is 2.51. The van der Waals surface area contributed by atoms with E-state index in [1.165, 1.54) is 12.8 Å². The van der Waals surface area contributed by atoms with E-state index in [2.05, 4.69) is 20.4 Å². The number of carbonyl (C=O) groups excluding carboxylic acids is 1. The van der Waals surface area contributed by atoms with Gasteiger partial charge in [-0.05, 0) is 31.6 Å². The van der Waals surface area contributed by atoms with E-state index in [4.69, 9.17) is 4.74 Å². The lowest BCUT2D eigenvalue weighted by Gasteiger charge is -2.47. The van der Waals surface area contributed by atoms with E-state index in [9.17, 15) is 4.79 Å². The Morgan fingerprint density at radius 2 is 2.35 bits per heavy atom. The highest BCUT2D eigenvalue weighted by atomic mass is 32.1. The largest absolute Gasteiger partial charge is 0.358 e. The molecule has 0 radical (unpaired) electrons. The van der Waals surface area contributed by atoms with E-state index in [0.717, 1.165) is 37.6 Å². The number of anilines is 1. The summed E-state index contributed by atoms with van der Waals surface area (Å²) in [5.41, 5.74) is 1.61. The Morgan fingerprint density at radius 3 is 3.05 bits per heavy atom. The van der Waals surface area contributed by atoms with Gasteiger partial charge in [0, 0.05) is 6.54 Å². The van der Waals surface area contributed by atoms with Gasteiger partial charge in [-0.3, -0.25) is 4.79 Å². The summed E-state index contributed by atoms with van der Waals surface area (Å²) in [6.45, 7) is 2.48. The number of nitrogens with zero attached hydrogens (tertiary/aromatic N) is 3. The lowest BCUT2D eigenvalue weighted by Crippen LogP contribution is -2.62. The summed E-state index contributed by atoms with van der Waals surface area (Å²) in [5, 5.41) is 11.9. The molecule has 1 aromatic rings. The molecule has 3 fully saturated rings. The van der Waals surface area contributed by atoms with Gasteiger partial charge in [0.1, 0.15) is 17.2 Å². The van der Waals surface area contributed by atoms with Crippen LogP contribution in [0.1, 0.15) is 25.7 Å². The van der Waals surface area contributed by atoms with E-state index in [1.54, 1.807) is 16.8 Å². The fourth-order valence-corrected chi connectivity index (χ4v) is 3.56. The Balaban J connectivity index is 1.29. The normalized spacial score (nSPS) is 27.6. The number of ether oxygens (including phenoxy) is 1. The summed E-state index contributed by atoms with van der Waals surface area (Å²) in [6, 6.07) is 0. The summed E-state index contributed by atoms with van der Waals surface area (Å²) < 4.78 is 6.03. The van der Waals surface area contributed by atoms with Crippen LogP contribution in [0.25, 0.3) is 0 Å². The summed E-state index contributed by atoms with van der Waals surface area (Å²) >= 11 is 1.54. The second kappa shape index (κ2) is 4.66. The first-order chi connectivity index (χ1) is 9.74. The van der Waals surface area contributed by atoms with Crippen molar-refractivity contribution in [3.05, 3.63) is 5.51 Å². The maximum absolute atomic E-state index is 12.0. The Labute approximate surface area is 121 Å². The molecule has 108 valence electrons. The molecule has 1 unspecified atom stereocenters. The van der Waals surface area contributed by atoms with Gasteiger partial charge in [-0.25, -0.2) is 0 Å². The lowest BCUT2D eigenvalue weighted by molar-refractivity contribution is -0.139. The zero-order chi connectivity index (χ0) is 13.6. The average molecular weight is 294 g/mol. The van der Waals surface area contributed by atoms with Gasteiger partial charge in [0.2, 0.25) is 11.0 Å². The summed E-state index contributed by atoms with van der Waals surface area (Å²) in [4.78, 5) is 14.2. The molecule has 0 aromatic carbocycles. The van der Waals surface area contributed by atoms with Gasteiger partial charge < -0.3 is 15.0 Å². The summed E-state index contributed by atoms with van der Waals surface area (Å²) in [6.07, 6.45) is 4.05. The molecular weight excluding hydrogens is 276 g/mol. The number of aromatic nitrogens is 2. The predicted octanol–water partition coefficient (Wildman–Crippen LogP) is 0.802. The zero-order valence-electron chi connectivity index (χ0n) is 11.2. The van der Waals surface area contributed by atoms with Crippen molar-refractivity contribution in [2.75, 3.05) is 24.5 Å². The molecule has 1 spiro atoms. The topological polar surface area (TPSA) is 67.4 Å². The van der Waals surface area contributed by atoms with Crippen molar-refractivity contribution in [1.82, 2.24) is 15.5 Å². The minimum absolute atomic E-state index is 0.0724. The molecule has 3 aliphatic rings. The minimum atomic E-state index is -0.259. The van der Waals surface area contributed by atoms with Crippen molar-refractivity contribution in [1.29, 1.82) is 0 Å². The molecule has 1 aromatic heterocycles. The molecule has 1 aliphatic carbocycles. The average Bonchev–Trinajstić information content (AvgIpc) is 2.92. The van der Waals surface area contributed by atoms with Crippen LogP contribution in [-0.4, -0.2) is 47.4 Å². The molecule has 2 aliphatic heterocycles. The van der Waals surface area contributed by atoms with Gasteiger partial charge in [-0.15, -0.1) is 10.2 Å². The Hall–Kier alpha value is -1.21. The highest BCUT2D eigenvalue weighted by Crippen LogP contribution is 2.40. The van der Waals surface area contributed by atoms with Crippen LogP contribution in [0.15, 0.2) is 5.51 Å². The van der Waals surface area contributed by atoms with Gasteiger partial charge in [-0.1, -0.05) is 11.3 Å². The first-order valence-corrected chi connectivity index (χ1v) is 8.09. The van der Waals surface area contributed by atoms with Crippen LogP contribution in [0.5, 0.6) is 0 Å². The van der Waals surface area contributed by atoms with Crippen molar-refractivity contribution in [2.45, 2.75) is 37.4 Å². The SMILES string of the molecule is O=C(NCC1CC1)C1CCC2(CN(c3nncs3)C2)O1. The monoisotopic (exact) mass is 294 g/mol. The number of amides is 1. The first-order valence-electron chi connectivity index (χ1n) is 7.21. The highest BCUT2D eigenvalue weighted by molar-refractivity contribution is 7.13. The maximum atomic E-state index is 12.0. The first kappa shape index (κ1) is 12.5. The van der Waals surface area contributed by atoms with E-state index in [0.29, 0.717) is 5.92 Å². The van der Waals surface area contributed by atoms with E-state index in [1.807, 2.05) is 0 Å². The van der Waals surface area contributed by atoms with Crippen molar-refractivity contribution in [2.24, 2.45) is 5.92 Å². The number of rotatable bonds is 4. The summed E-state index contributed by atoms with van der Waals surface area (Å²) in [7, 11) is 0. The van der Waals surface area contributed by atoms with Gasteiger partial charge in [0.05, 0.1) is 13.1 Å². The molecule has 1 saturated carbocycles. The van der Waals surface area contributed by atoms with Gasteiger partial charge in [-0.2, -0.15) is 0 Å². The van der Waals surface area contributed by atoms with E-state index in [-0.39, 0.29) is 17.6 Å². The van der Waals surface area contributed by atoms with Crippen molar-refractivity contribution >= 4 is 22.4 Å². The van der Waals surface area contributed by atoms with Gasteiger partial charge in [0.25, 0.3) is 0 Å². The van der Waals surface area contributed by atoms with E-state index < -0.39 is 0 Å². The Bertz CT molecular complexity index is 496. The number of carbonyl (C=O) groups is 1. The van der Waals surface area contributed by atoms with Crippen molar-refractivity contribution < 1.29 is 9.53 Å². The third-order valence-electron chi connectivity index (χ3n) is 4.39. The minimum Gasteiger partial charge on any atom is -0.358 e. The number of hydrogen-bond donors (Lipinski definition) is 1. The van der Waals surface area contributed by atoms with Crippen LogP contribution >= 0.6 is 11.3 Å². The van der Waals surface area contributed by atoms with Crippen LogP contribution < -0.4 is 10.2 Å².